The Labute approximate surface area is 198 Å². The number of hydrogen-bond acceptors (Lipinski definition) is 5. The van der Waals surface area contributed by atoms with E-state index in [0.717, 1.165) is 24.0 Å². The molecule has 2 aliphatic rings. The van der Waals surface area contributed by atoms with Gasteiger partial charge in [0.1, 0.15) is 5.52 Å². The third-order valence-electron chi connectivity index (χ3n) is 6.69. The highest BCUT2D eigenvalue weighted by Gasteiger charge is 2.39. The topological polar surface area (TPSA) is 97.5 Å². The molecule has 5 rings (SSSR count). The van der Waals surface area contributed by atoms with Gasteiger partial charge in [-0.2, -0.15) is 5.26 Å². The molecule has 0 atom stereocenters. The van der Waals surface area contributed by atoms with Crippen LogP contribution >= 0.6 is 0 Å². The molecule has 0 saturated heterocycles. The lowest BCUT2D eigenvalue weighted by Crippen LogP contribution is -2.34. The van der Waals surface area contributed by atoms with Crippen LogP contribution in [0.1, 0.15) is 62.2 Å². The number of carbonyl (C=O) groups excluding carboxylic acids is 2. The van der Waals surface area contributed by atoms with Crippen molar-refractivity contribution in [1.82, 2.24) is 14.8 Å². The summed E-state index contributed by atoms with van der Waals surface area (Å²) in [5.74, 6) is -0.687. The first-order valence-corrected chi connectivity index (χ1v) is 11.5. The second-order valence-electron chi connectivity index (χ2n) is 9.28. The molecule has 7 nitrogen and oxygen atoms in total. The molecule has 2 aromatic carbocycles. The Balaban J connectivity index is 1.67. The molecule has 1 aromatic heterocycles. The number of aryl methyl sites for hydroxylation is 1. The number of rotatable bonds is 6. The fraction of sp³-hybridized carbons (Fsp3) is 0.333. The first-order valence-electron chi connectivity index (χ1n) is 11.5. The van der Waals surface area contributed by atoms with E-state index in [-0.39, 0.29) is 47.7 Å². The number of fused-ring (bicyclic) bond motifs is 2. The Morgan fingerprint density at radius 1 is 1.26 bits per heavy atom. The molecule has 2 amide bonds. The molecule has 1 N–H and O–H groups in total. The maximum absolute atomic E-state index is 13.9. The lowest BCUT2D eigenvalue weighted by atomic mass is 9.93. The van der Waals surface area contributed by atoms with Crippen LogP contribution in [0, 0.1) is 18.3 Å². The van der Waals surface area contributed by atoms with E-state index < -0.39 is 0 Å². The molecule has 1 fully saturated rings. The van der Waals surface area contributed by atoms with Crippen LogP contribution in [-0.2, 0) is 13.0 Å². The predicted molar refractivity (Wildman–Crippen MR) is 127 cm³/mol. The zero-order chi connectivity index (χ0) is 24.0. The molecule has 0 unspecified atom stereocenters. The van der Waals surface area contributed by atoms with Gasteiger partial charge in [0.15, 0.2) is 5.75 Å². The summed E-state index contributed by atoms with van der Waals surface area (Å²) in [6.07, 6.45) is 4.39. The van der Waals surface area contributed by atoms with Gasteiger partial charge in [-0.3, -0.25) is 14.6 Å². The predicted octanol–water partition coefficient (Wildman–Crippen LogP) is 3.94. The molecule has 1 aliphatic heterocycles. The van der Waals surface area contributed by atoms with Crippen LogP contribution < -0.4 is 0 Å². The smallest absolute Gasteiger partial charge is 0.258 e. The van der Waals surface area contributed by atoms with Crippen LogP contribution in [0.4, 0.5) is 0 Å². The lowest BCUT2D eigenvalue weighted by molar-refractivity contribution is 0.0745. The van der Waals surface area contributed by atoms with Crippen molar-refractivity contribution in [2.24, 2.45) is 0 Å². The van der Waals surface area contributed by atoms with E-state index >= 15 is 0 Å². The van der Waals surface area contributed by atoms with Gasteiger partial charge in [-0.1, -0.05) is 29.8 Å². The second kappa shape index (κ2) is 8.45. The summed E-state index contributed by atoms with van der Waals surface area (Å²) in [5, 5.41) is 20.7. The molecule has 172 valence electrons. The molecule has 1 aliphatic carbocycles. The van der Waals surface area contributed by atoms with Crippen LogP contribution in [0.3, 0.4) is 0 Å². The summed E-state index contributed by atoms with van der Waals surface area (Å²) in [6, 6.07) is 12.4. The minimum Gasteiger partial charge on any atom is -0.505 e. The van der Waals surface area contributed by atoms with Crippen LogP contribution in [0.2, 0.25) is 0 Å². The molecule has 1 saturated carbocycles. The van der Waals surface area contributed by atoms with Crippen molar-refractivity contribution >= 4 is 22.7 Å². The van der Waals surface area contributed by atoms with Gasteiger partial charge in [0.2, 0.25) is 0 Å². The van der Waals surface area contributed by atoms with Gasteiger partial charge in [0.05, 0.1) is 23.6 Å². The fourth-order valence-corrected chi connectivity index (χ4v) is 4.76. The Bertz CT molecular complexity index is 1350. The standard InChI is InChI=1S/C27H26N4O3/c1-16-4-6-17(7-5-16)12-18-13-20-22(27(34)31(11-3-10-28)19-8-9-19)21-15-30(2)26(33)23(21)25(32)24(20)29-14-18/h4-7,13-14,19,32H,3,8-9,11-12,15H2,1-2H3. The van der Waals surface area contributed by atoms with E-state index in [9.17, 15) is 14.7 Å². The highest BCUT2D eigenvalue weighted by Crippen LogP contribution is 2.41. The molecule has 3 aromatic rings. The van der Waals surface area contributed by atoms with Crippen LogP contribution in [-0.4, -0.2) is 51.3 Å². The molecular formula is C27H26N4O3. The van der Waals surface area contributed by atoms with E-state index in [2.05, 4.69) is 35.3 Å². The zero-order valence-electron chi connectivity index (χ0n) is 19.3. The van der Waals surface area contributed by atoms with E-state index in [0.29, 0.717) is 29.5 Å². The number of aromatic nitrogens is 1. The molecule has 0 bridgehead atoms. The van der Waals surface area contributed by atoms with Crippen molar-refractivity contribution < 1.29 is 14.7 Å². The highest BCUT2D eigenvalue weighted by atomic mass is 16.3. The maximum atomic E-state index is 13.9. The number of phenols is 1. The van der Waals surface area contributed by atoms with Crippen molar-refractivity contribution in [2.75, 3.05) is 13.6 Å². The van der Waals surface area contributed by atoms with Gasteiger partial charge in [0, 0.05) is 43.3 Å². The minimum atomic E-state index is -0.316. The first kappa shape index (κ1) is 21.9. The first-order chi connectivity index (χ1) is 16.4. The number of pyridine rings is 1. The summed E-state index contributed by atoms with van der Waals surface area (Å²) in [4.78, 5) is 34.5. The Kier molecular flexibility index (Phi) is 5.45. The number of aromatic hydroxyl groups is 1. The molecular weight excluding hydrogens is 428 g/mol. The SMILES string of the molecule is Cc1ccc(Cc2cnc3c(O)c4c(c(C(=O)N(CCC#N)C5CC5)c3c2)CN(C)C4=O)cc1. The number of carbonyl (C=O) groups is 2. The van der Waals surface area contributed by atoms with E-state index in [1.165, 1.54) is 10.5 Å². The minimum absolute atomic E-state index is 0.110. The van der Waals surface area contributed by atoms with Crippen molar-refractivity contribution in [2.45, 2.75) is 45.2 Å². The maximum Gasteiger partial charge on any atom is 0.258 e. The average molecular weight is 455 g/mol. The zero-order valence-corrected chi connectivity index (χ0v) is 19.3. The number of benzene rings is 2. The number of phenolic OH excluding ortho intramolecular Hbond substituents is 1. The summed E-state index contributed by atoms with van der Waals surface area (Å²) in [7, 11) is 1.66. The van der Waals surface area contributed by atoms with Gasteiger partial charge < -0.3 is 14.9 Å². The van der Waals surface area contributed by atoms with Gasteiger partial charge >= 0.3 is 0 Å². The summed E-state index contributed by atoms with van der Waals surface area (Å²) < 4.78 is 0. The van der Waals surface area contributed by atoms with Gasteiger partial charge in [-0.05, 0) is 43.4 Å². The Hall–Kier alpha value is -3.92. The second-order valence-corrected chi connectivity index (χ2v) is 9.28. The molecule has 7 heteroatoms. The number of hydrogen-bond donors (Lipinski definition) is 1. The largest absolute Gasteiger partial charge is 0.505 e. The quantitative estimate of drug-likeness (QED) is 0.608. The van der Waals surface area contributed by atoms with Crippen LogP contribution in [0.15, 0.2) is 36.5 Å². The third-order valence-corrected chi connectivity index (χ3v) is 6.69. The van der Waals surface area contributed by atoms with Crippen molar-refractivity contribution in [3.63, 3.8) is 0 Å². The molecule has 0 radical (unpaired) electrons. The van der Waals surface area contributed by atoms with E-state index in [1.54, 1.807) is 18.1 Å². The molecule has 34 heavy (non-hydrogen) atoms. The van der Waals surface area contributed by atoms with Crippen LogP contribution in [0.5, 0.6) is 5.75 Å². The summed E-state index contributed by atoms with van der Waals surface area (Å²) in [5.41, 5.74) is 4.59. The van der Waals surface area contributed by atoms with Crippen molar-refractivity contribution in [3.8, 4) is 11.8 Å². The summed E-state index contributed by atoms with van der Waals surface area (Å²) in [6.45, 7) is 2.63. The Morgan fingerprint density at radius 2 is 2.00 bits per heavy atom. The van der Waals surface area contributed by atoms with Gasteiger partial charge in [0.25, 0.3) is 11.8 Å². The molecule has 2 heterocycles. The normalized spacial score (nSPS) is 14.9. The van der Waals surface area contributed by atoms with Crippen molar-refractivity contribution in [1.29, 1.82) is 5.26 Å². The van der Waals surface area contributed by atoms with Gasteiger partial charge in [-0.25, -0.2) is 0 Å². The average Bonchev–Trinajstić information content (AvgIpc) is 3.61. The monoisotopic (exact) mass is 454 g/mol. The van der Waals surface area contributed by atoms with Crippen molar-refractivity contribution in [3.05, 3.63) is 69.9 Å². The number of nitrogens with zero attached hydrogens (tertiary/aromatic N) is 4. The van der Waals surface area contributed by atoms with Crippen LogP contribution in [0.25, 0.3) is 10.9 Å². The molecule has 0 spiro atoms. The third kappa shape index (κ3) is 3.75. The lowest BCUT2D eigenvalue weighted by Gasteiger charge is -2.24. The summed E-state index contributed by atoms with van der Waals surface area (Å²) >= 11 is 0. The van der Waals surface area contributed by atoms with E-state index in [1.807, 2.05) is 13.0 Å². The van der Waals surface area contributed by atoms with E-state index in [4.69, 9.17) is 5.26 Å². The number of amides is 2. The highest BCUT2D eigenvalue weighted by molar-refractivity contribution is 6.16. The fourth-order valence-electron chi connectivity index (χ4n) is 4.76. The van der Waals surface area contributed by atoms with Gasteiger partial charge in [-0.15, -0.1) is 0 Å². The number of nitriles is 1. The Morgan fingerprint density at radius 3 is 2.68 bits per heavy atom.